The van der Waals surface area contributed by atoms with Crippen LogP contribution in [0.25, 0.3) is 0 Å². The van der Waals surface area contributed by atoms with Gasteiger partial charge in [-0.2, -0.15) is 0 Å². The van der Waals surface area contributed by atoms with E-state index in [1.807, 2.05) is 13.8 Å². The van der Waals surface area contributed by atoms with Gasteiger partial charge in [0.25, 0.3) is 0 Å². The Morgan fingerprint density at radius 1 is 1.41 bits per heavy atom. The van der Waals surface area contributed by atoms with E-state index < -0.39 is 0 Å². The van der Waals surface area contributed by atoms with Crippen molar-refractivity contribution in [2.75, 3.05) is 6.61 Å². The predicted octanol–water partition coefficient (Wildman–Crippen LogP) is 0.563. The van der Waals surface area contributed by atoms with Gasteiger partial charge in [-0.15, -0.1) is 5.10 Å². The summed E-state index contributed by atoms with van der Waals surface area (Å²) in [6.45, 7) is 4.20. The number of aliphatic hydroxyl groups is 1. The summed E-state index contributed by atoms with van der Waals surface area (Å²) in [7, 11) is 0. The van der Waals surface area contributed by atoms with E-state index in [2.05, 4.69) is 20.7 Å². The van der Waals surface area contributed by atoms with Crippen molar-refractivity contribution in [2.24, 2.45) is 0 Å². The van der Waals surface area contributed by atoms with Gasteiger partial charge in [-0.05, 0) is 24.3 Å². The maximum absolute atomic E-state index is 8.85. The lowest BCUT2D eigenvalue weighted by atomic mass is 10.2. The summed E-state index contributed by atoms with van der Waals surface area (Å²) in [5.74, 6) is 1.52. The molecule has 0 aliphatic heterocycles. The number of aromatic nitrogens is 5. The van der Waals surface area contributed by atoms with Crippen molar-refractivity contribution in [2.45, 2.75) is 31.3 Å². The standard InChI is InChI=1S/C9H13N5O2S/c1-6-8(7(2)16-11-6)5-17-9-10-12-13-14(9)3-4-15/h15H,3-5H2,1-2H3. The number of tetrazole rings is 1. The van der Waals surface area contributed by atoms with Gasteiger partial charge in [0, 0.05) is 11.3 Å². The van der Waals surface area contributed by atoms with E-state index in [9.17, 15) is 0 Å². The number of hydrogen-bond acceptors (Lipinski definition) is 7. The van der Waals surface area contributed by atoms with Crippen LogP contribution in [-0.4, -0.2) is 37.1 Å². The predicted molar refractivity (Wildman–Crippen MR) is 60.4 cm³/mol. The zero-order valence-corrected chi connectivity index (χ0v) is 10.4. The van der Waals surface area contributed by atoms with Crippen LogP contribution >= 0.6 is 11.8 Å². The van der Waals surface area contributed by atoms with Crippen LogP contribution in [0, 0.1) is 13.8 Å². The monoisotopic (exact) mass is 255 g/mol. The molecule has 0 aliphatic rings. The molecule has 0 spiro atoms. The van der Waals surface area contributed by atoms with Gasteiger partial charge in [0.1, 0.15) is 5.76 Å². The van der Waals surface area contributed by atoms with Crippen molar-refractivity contribution in [3.63, 3.8) is 0 Å². The third-order valence-electron chi connectivity index (χ3n) is 2.34. The molecule has 0 bridgehead atoms. The average molecular weight is 255 g/mol. The van der Waals surface area contributed by atoms with Gasteiger partial charge in [-0.3, -0.25) is 0 Å². The zero-order valence-electron chi connectivity index (χ0n) is 9.62. The molecular formula is C9H13N5O2S. The summed E-state index contributed by atoms with van der Waals surface area (Å²) in [5.41, 5.74) is 1.95. The van der Waals surface area contributed by atoms with Crippen LogP contribution in [0.2, 0.25) is 0 Å². The van der Waals surface area contributed by atoms with Crippen LogP contribution in [-0.2, 0) is 12.3 Å². The van der Waals surface area contributed by atoms with Gasteiger partial charge in [0.05, 0.1) is 18.8 Å². The van der Waals surface area contributed by atoms with Crippen LogP contribution < -0.4 is 0 Å². The van der Waals surface area contributed by atoms with E-state index in [4.69, 9.17) is 9.63 Å². The van der Waals surface area contributed by atoms with Gasteiger partial charge in [-0.1, -0.05) is 16.9 Å². The molecule has 2 rings (SSSR count). The van der Waals surface area contributed by atoms with Crippen molar-refractivity contribution >= 4 is 11.8 Å². The minimum atomic E-state index is 0.0178. The molecular weight excluding hydrogens is 242 g/mol. The number of aryl methyl sites for hydroxylation is 2. The fourth-order valence-corrected chi connectivity index (χ4v) is 2.44. The van der Waals surface area contributed by atoms with Crippen molar-refractivity contribution in [1.82, 2.24) is 25.4 Å². The largest absolute Gasteiger partial charge is 0.394 e. The molecule has 0 atom stereocenters. The van der Waals surface area contributed by atoms with Gasteiger partial charge in [-0.25, -0.2) is 4.68 Å². The molecule has 7 nitrogen and oxygen atoms in total. The highest BCUT2D eigenvalue weighted by atomic mass is 32.2. The Morgan fingerprint density at radius 3 is 2.88 bits per heavy atom. The third kappa shape index (κ3) is 2.64. The molecule has 1 N–H and O–H groups in total. The highest BCUT2D eigenvalue weighted by molar-refractivity contribution is 7.98. The van der Waals surface area contributed by atoms with Gasteiger partial charge < -0.3 is 9.63 Å². The van der Waals surface area contributed by atoms with E-state index in [0.717, 1.165) is 17.0 Å². The Bertz CT molecular complexity index is 476. The summed E-state index contributed by atoms with van der Waals surface area (Å²) in [4.78, 5) is 0. The number of thioether (sulfide) groups is 1. The van der Waals surface area contributed by atoms with Crippen LogP contribution in [0.4, 0.5) is 0 Å². The molecule has 8 heteroatoms. The fourth-order valence-electron chi connectivity index (χ4n) is 1.38. The molecule has 2 aromatic rings. The molecule has 0 saturated heterocycles. The molecule has 0 radical (unpaired) electrons. The van der Waals surface area contributed by atoms with Crippen LogP contribution in [0.15, 0.2) is 9.68 Å². The minimum Gasteiger partial charge on any atom is -0.394 e. The summed E-state index contributed by atoms with van der Waals surface area (Å²) < 4.78 is 6.65. The van der Waals surface area contributed by atoms with E-state index >= 15 is 0 Å². The lowest BCUT2D eigenvalue weighted by molar-refractivity contribution is 0.262. The molecule has 2 heterocycles. The Kier molecular flexibility index (Phi) is 3.75. The van der Waals surface area contributed by atoms with E-state index in [0.29, 0.717) is 17.5 Å². The normalized spacial score (nSPS) is 11.0. The summed E-state index contributed by atoms with van der Waals surface area (Å²) in [5, 5.41) is 24.7. The van der Waals surface area contributed by atoms with Crippen molar-refractivity contribution < 1.29 is 9.63 Å². The second-order valence-electron chi connectivity index (χ2n) is 3.50. The molecule has 92 valence electrons. The van der Waals surface area contributed by atoms with E-state index in [-0.39, 0.29) is 6.61 Å². The maximum atomic E-state index is 8.85. The first kappa shape index (κ1) is 12.1. The highest BCUT2D eigenvalue weighted by Crippen LogP contribution is 2.23. The lowest BCUT2D eigenvalue weighted by Gasteiger charge is -2.01. The summed E-state index contributed by atoms with van der Waals surface area (Å²) in [6, 6.07) is 0. The van der Waals surface area contributed by atoms with Gasteiger partial charge >= 0.3 is 0 Å². The van der Waals surface area contributed by atoms with Crippen molar-refractivity contribution in [3.8, 4) is 0 Å². The second kappa shape index (κ2) is 5.28. The molecule has 0 amide bonds. The molecule has 0 unspecified atom stereocenters. The van der Waals surface area contributed by atoms with Crippen molar-refractivity contribution in [3.05, 3.63) is 17.0 Å². The van der Waals surface area contributed by atoms with E-state index in [1.165, 1.54) is 11.8 Å². The Balaban J connectivity index is 2.05. The highest BCUT2D eigenvalue weighted by Gasteiger charge is 2.12. The Labute approximate surface area is 102 Å². The first-order valence-corrected chi connectivity index (χ1v) is 6.12. The first-order chi connectivity index (χ1) is 8.22. The second-order valence-corrected chi connectivity index (χ2v) is 4.44. The quantitative estimate of drug-likeness (QED) is 0.781. The lowest BCUT2D eigenvalue weighted by Crippen LogP contribution is -2.05. The molecule has 2 aromatic heterocycles. The van der Waals surface area contributed by atoms with E-state index in [1.54, 1.807) is 4.68 Å². The minimum absolute atomic E-state index is 0.0178. The maximum Gasteiger partial charge on any atom is 0.209 e. The molecule has 0 saturated carbocycles. The zero-order chi connectivity index (χ0) is 12.3. The first-order valence-electron chi connectivity index (χ1n) is 5.14. The fraction of sp³-hybridized carbons (Fsp3) is 0.556. The van der Waals surface area contributed by atoms with Crippen molar-refractivity contribution in [1.29, 1.82) is 0 Å². The third-order valence-corrected chi connectivity index (χ3v) is 3.32. The number of nitrogens with zero attached hydrogens (tertiary/aromatic N) is 5. The van der Waals surface area contributed by atoms with Crippen LogP contribution in [0.5, 0.6) is 0 Å². The van der Waals surface area contributed by atoms with Gasteiger partial charge in [0.15, 0.2) is 0 Å². The number of aliphatic hydroxyl groups excluding tert-OH is 1. The molecule has 17 heavy (non-hydrogen) atoms. The summed E-state index contributed by atoms with van der Waals surface area (Å²) in [6.07, 6.45) is 0. The molecule has 0 aromatic carbocycles. The molecule has 0 fully saturated rings. The van der Waals surface area contributed by atoms with Gasteiger partial charge in [0.2, 0.25) is 5.16 Å². The SMILES string of the molecule is Cc1noc(C)c1CSc1nnnn1CCO. The smallest absolute Gasteiger partial charge is 0.209 e. The van der Waals surface area contributed by atoms with Crippen LogP contribution in [0.1, 0.15) is 17.0 Å². The number of rotatable bonds is 5. The Hall–Kier alpha value is -1.41. The summed E-state index contributed by atoms with van der Waals surface area (Å²) >= 11 is 1.50. The average Bonchev–Trinajstić information content (AvgIpc) is 2.86. The molecule has 0 aliphatic carbocycles. The Morgan fingerprint density at radius 2 is 2.24 bits per heavy atom. The van der Waals surface area contributed by atoms with Crippen LogP contribution in [0.3, 0.4) is 0 Å². The topological polar surface area (TPSA) is 89.9 Å². The number of hydrogen-bond donors (Lipinski definition) is 1.